The third-order valence-corrected chi connectivity index (χ3v) is 7.30. The number of halogens is 1. The summed E-state index contributed by atoms with van der Waals surface area (Å²) in [6, 6.07) is 10.1. The Bertz CT molecular complexity index is 1030. The minimum atomic E-state index is 0. The van der Waals surface area contributed by atoms with Crippen molar-refractivity contribution in [1.82, 2.24) is 9.80 Å². The Morgan fingerprint density at radius 2 is 1.53 bits per heavy atom. The Morgan fingerprint density at radius 3 is 2.22 bits per heavy atom. The number of hydrogen-bond acceptors (Lipinski definition) is 6. The summed E-state index contributed by atoms with van der Waals surface area (Å²) in [4.78, 5) is 17.7. The molecule has 2 aliphatic rings. The number of hydrogen-bond donors (Lipinski definition) is 0. The van der Waals surface area contributed by atoms with Crippen LogP contribution in [0.1, 0.15) is 29.5 Å². The van der Waals surface area contributed by atoms with E-state index in [0.717, 1.165) is 68.4 Å². The van der Waals surface area contributed by atoms with E-state index in [1.807, 2.05) is 18.2 Å². The summed E-state index contributed by atoms with van der Waals surface area (Å²) >= 11 is 0. The molecule has 1 atom stereocenters. The first-order valence-electron chi connectivity index (χ1n) is 12.5. The molecule has 2 aromatic rings. The summed E-state index contributed by atoms with van der Waals surface area (Å²) in [5, 5.41) is 0. The second-order valence-electron chi connectivity index (χ2n) is 9.49. The van der Waals surface area contributed by atoms with Gasteiger partial charge in [-0.25, -0.2) is 0 Å². The second-order valence-corrected chi connectivity index (χ2v) is 9.49. The average molecular weight is 564 g/mol. The van der Waals surface area contributed by atoms with E-state index in [0.29, 0.717) is 18.1 Å². The Balaban J connectivity index is 0.00000361. The largest absolute Gasteiger partial charge is 0.493 e. The lowest BCUT2D eigenvalue weighted by Gasteiger charge is -2.35. The maximum atomic E-state index is 13.1. The summed E-state index contributed by atoms with van der Waals surface area (Å²) in [7, 11) is 6.62. The molecule has 1 amide bonds. The first-order chi connectivity index (χ1) is 17.0. The molecule has 1 saturated heterocycles. The van der Waals surface area contributed by atoms with E-state index in [-0.39, 0.29) is 22.9 Å². The molecule has 0 spiro atoms. The predicted octanol–water partition coefficient (Wildman–Crippen LogP) is 4.18. The lowest BCUT2D eigenvalue weighted by Crippen LogP contribution is -2.44. The number of carbonyl (C=O) groups excluding carboxylic acids is 1. The van der Waals surface area contributed by atoms with Gasteiger partial charge in [0.1, 0.15) is 0 Å². The first kappa shape index (κ1) is 28.1. The molecular weight excluding hydrogens is 524 g/mol. The highest BCUT2D eigenvalue weighted by molar-refractivity contribution is 8.93. The van der Waals surface area contributed by atoms with E-state index < -0.39 is 0 Å². The lowest BCUT2D eigenvalue weighted by molar-refractivity contribution is -0.131. The maximum Gasteiger partial charge on any atom is 0.227 e. The zero-order chi connectivity index (χ0) is 24.8. The lowest BCUT2D eigenvalue weighted by atomic mass is 9.96. The zero-order valence-corrected chi connectivity index (χ0v) is 23.6. The monoisotopic (exact) mass is 562 g/mol. The number of likely N-dealkylation sites (tertiary alicyclic amines) is 1. The van der Waals surface area contributed by atoms with Crippen LogP contribution in [0.25, 0.3) is 0 Å². The van der Waals surface area contributed by atoms with Crippen LogP contribution in [-0.2, 0) is 24.1 Å². The minimum Gasteiger partial charge on any atom is -0.493 e. The molecule has 0 aromatic heterocycles. The molecule has 8 heteroatoms. The summed E-state index contributed by atoms with van der Waals surface area (Å²) in [5.74, 6) is 3.66. The van der Waals surface area contributed by atoms with Gasteiger partial charge < -0.3 is 28.7 Å². The third-order valence-electron chi connectivity index (χ3n) is 7.30. The summed E-state index contributed by atoms with van der Waals surface area (Å²) in [5.41, 5.74) is 3.48. The second kappa shape index (κ2) is 13.2. The molecule has 2 aliphatic heterocycles. The fourth-order valence-electron chi connectivity index (χ4n) is 5.35. The van der Waals surface area contributed by atoms with Crippen LogP contribution in [0.3, 0.4) is 0 Å². The van der Waals surface area contributed by atoms with Crippen molar-refractivity contribution in [2.24, 2.45) is 5.92 Å². The van der Waals surface area contributed by atoms with E-state index >= 15 is 0 Å². The van der Waals surface area contributed by atoms with Gasteiger partial charge in [-0.15, -0.1) is 17.0 Å². The molecule has 0 radical (unpaired) electrons. The van der Waals surface area contributed by atoms with Crippen LogP contribution in [0.5, 0.6) is 23.0 Å². The van der Waals surface area contributed by atoms with Gasteiger partial charge in [0.15, 0.2) is 23.0 Å². The van der Waals surface area contributed by atoms with Crippen molar-refractivity contribution >= 4 is 22.9 Å². The number of carbonyl (C=O) groups is 1. The van der Waals surface area contributed by atoms with Gasteiger partial charge in [-0.2, -0.15) is 0 Å². The molecular formula is C28H39BrN2O5. The molecule has 4 rings (SSSR count). The third kappa shape index (κ3) is 6.65. The van der Waals surface area contributed by atoms with E-state index in [9.17, 15) is 4.79 Å². The van der Waals surface area contributed by atoms with Crippen LogP contribution in [0.2, 0.25) is 0 Å². The van der Waals surface area contributed by atoms with Gasteiger partial charge in [-0.05, 0) is 79.1 Å². The van der Waals surface area contributed by atoms with Crippen molar-refractivity contribution < 1.29 is 23.7 Å². The van der Waals surface area contributed by atoms with Gasteiger partial charge in [0.05, 0.1) is 34.9 Å². The van der Waals surface area contributed by atoms with Crippen molar-refractivity contribution in [2.45, 2.75) is 32.1 Å². The molecule has 1 fully saturated rings. The van der Waals surface area contributed by atoms with Gasteiger partial charge in [-0.3, -0.25) is 4.79 Å². The first-order valence-corrected chi connectivity index (χ1v) is 12.5. The minimum absolute atomic E-state index is 0. The highest BCUT2D eigenvalue weighted by atomic mass is 79.9. The number of fused-ring (bicyclic) bond motifs is 1. The van der Waals surface area contributed by atoms with Crippen molar-refractivity contribution in [1.29, 1.82) is 0 Å². The SMILES string of the molecule is Br.COc1ccc(CCN2CCCC(CN3CCc4cc(OC)c(OC)cc4CC3=O)C2)cc1OC. The van der Waals surface area contributed by atoms with Crippen molar-refractivity contribution in [3.05, 3.63) is 47.0 Å². The van der Waals surface area contributed by atoms with Crippen molar-refractivity contribution in [3.8, 4) is 23.0 Å². The van der Waals surface area contributed by atoms with Crippen LogP contribution >= 0.6 is 17.0 Å². The van der Waals surface area contributed by atoms with Crippen molar-refractivity contribution in [3.63, 3.8) is 0 Å². The molecule has 198 valence electrons. The molecule has 0 saturated carbocycles. The Kier molecular flexibility index (Phi) is 10.3. The molecule has 36 heavy (non-hydrogen) atoms. The van der Waals surface area contributed by atoms with E-state index in [2.05, 4.69) is 21.9 Å². The van der Waals surface area contributed by atoms with E-state index in [4.69, 9.17) is 18.9 Å². The quantitative estimate of drug-likeness (QED) is 0.457. The van der Waals surface area contributed by atoms with Crippen molar-refractivity contribution in [2.75, 3.05) is 61.2 Å². The van der Waals surface area contributed by atoms with Crippen LogP contribution in [0.15, 0.2) is 30.3 Å². The highest BCUT2D eigenvalue weighted by Crippen LogP contribution is 2.33. The van der Waals surface area contributed by atoms with E-state index in [1.165, 1.54) is 24.0 Å². The molecule has 2 heterocycles. The molecule has 0 aliphatic carbocycles. The number of nitrogens with zero attached hydrogens (tertiary/aromatic N) is 2. The Hall–Kier alpha value is -2.45. The van der Waals surface area contributed by atoms with Gasteiger partial charge in [-0.1, -0.05) is 6.07 Å². The van der Waals surface area contributed by atoms with Gasteiger partial charge in [0.2, 0.25) is 5.91 Å². The Labute approximate surface area is 225 Å². The van der Waals surface area contributed by atoms with Gasteiger partial charge in [0.25, 0.3) is 0 Å². The Morgan fingerprint density at radius 1 is 0.861 bits per heavy atom. The van der Waals surface area contributed by atoms with E-state index in [1.54, 1.807) is 28.4 Å². The summed E-state index contributed by atoms with van der Waals surface area (Å²) in [6.45, 7) is 4.73. The molecule has 1 unspecified atom stereocenters. The summed E-state index contributed by atoms with van der Waals surface area (Å²) in [6.07, 6.45) is 4.58. The number of piperidine rings is 1. The number of benzene rings is 2. The molecule has 0 N–H and O–H groups in total. The fraction of sp³-hybridized carbons (Fsp3) is 0.536. The highest BCUT2D eigenvalue weighted by Gasteiger charge is 2.27. The maximum absolute atomic E-state index is 13.1. The number of rotatable bonds is 9. The summed E-state index contributed by atoms with van der Waals surface area (Å²) < 4.78 is 21.7. The van der Waals surface area contributed by atoms with Gasteiger partial charge in [0, 0.05) is 26.2 Å². The number of methoxy groups -OCH3 is 4. The number of amides is 1. The fourth-order valence-corrected chi connectivity index (χ4v) is 5.35. The van der Waals surface area contributed by atoms with Crippen LogP contribution < -0.4 is 18.9 Å². The molecule has 0 bridgehead atoms. The standard InChI is InChI=1S/C28H38N2O5.BrH/c1-32-24-8-7-20(14-25(24)33-2)9-12-29-11-5-6-21(18-29)19-30-13-10-22-15-26(34-3)27(35-4)16-23(22)17-28(30)31;/h7-8,14-16,21H,5-6,9-13,17-19H2,1-4H3;1H. The van der Waals surface area contributed by atoms with Gasteiger partial charge >= 0.3 is 0 Å². The normalized spacial score (nSPS) is 18.1. The zero-order valence-electron chi connectivity index (χ0n) is 21.9. The topological polar surface area (TPSA) is 60.5 Å². The predicted molar refractivity (Wildman–Crippen MR) is 146 cm³/mol. The average Bonchev–Trinajstić information content (AvgIpc) is 3.04. The van der Waals surface area contributed by atoms with Crippen LogP contribution in [0.4, 0.5) is 0 Å². The smallest absolute Gasteiger partial charge is 0.227 e. The number of ether oxygens (including phenoxy) is 4. The molecule has 7 nitrogen and oxygen atoms in total. The van der Waals surface area contributed by atoms with Crippen LogP contribution in [-0.4, -0.2) is 76.9 Å². The molecule has 2 aromatic carbocycles. The van der Waals surface area contributed by atoms with Crippen LogP contribution in [0, 0.1) is 5.92 Å².